The summed E-state index contributed by atoms with van der Waals surface area (Å²) in [6.45, 7) is 1.74. The largest absolute Gasteiger partial charge is 0.497 e. The number of hydrogen-bond acceptors (Lipinski definition) is 6. The topological polar surface area (TPSA) is 74.5 Å². The van der Waals surface area contributed by atoms with Crippen LogP contribution in [0.25, 0.3) is 11.5 Å². The van der Waals surface area contributed by atoms with Crippen molar-refractivity contribution in [1.29, 1.82) is 0 Å². The Morgan fingerprint density at radius 1 is 1.27 bits per heavy atom. The average molecular weight is 302 g/mol. The smallest absolute Gasteiger partial charge is 0.309 e. The highest BCUT2D eigenvalue weighted by Gasteiger charge is 2.29. The van der Waals surface area contributed by atoms with Crippen LogP contribution < -0.4 is 4.74 Å². The Hall–Kier alpha value is -2.37. The van der Waals surface area contributed by atoms with E-state index < -0.39 is 6.10 Å². The van der Waals surface area contributed by atoms with E-state index in [4.69, 9.17) is 13.9 Å². The van der Waals surface area contributed by atoms with Crippen LogP contribution in [0.2, 0.25) is 0 Å². The maximum absolute atomic E-state index is 11.8. The monoisotopic (exact) mass is 302 g/mol. The molecule has 1 fully saturated rings. The van der Waals surface area contributed by atoms with Gasteiger partial charge in [0.05, 0.1) is 13.0 Å². The first kappa shape index (κ1) is 14.6. The number of benzene rings is 1. The zero-order valence-corrected chi connectivity index (χ0v) is 12.6. The highest BCUT2D eigenvalue weighted by Crippen LogP contribution is 2.30. The first-order valence-electron chi connectivity index (χ1n) is 7.35. The van der Waals surface area contributed by atoms with Gasteiger partial charge >= 0.3 is 5.97 Å². The molecule has 0 aliphatic heterocycles. The number of hydrogen-bond donors (Lipinski definition) is 0. The molecule has 2 aromatic rings. The third-order valence-electron chi connectivity index (χ3n) is 3.86. The van der Waals surface area contributed by atoms with Crippen LogP contribution >= 0.6 is 0 Å². The lowest BCUT2D eigenvalue weighted by Gasteiger charge is -2.24. The first-order chi connectivity index (χ1) is 10.7. The minimum Gasteiger partial charge on any atom is -0.497 e. The molecule has 1 unspecified atom stereocenters. The third kappa shape index (κ3) is 2.95. The minimum absolute atomic E-state index is 0.0337. The Kier molecular flexibility index (Phi) is 4.09. The number of methoxy groups -OCH3 is 1. The van der Waals surface area contributed by atoms with Gasteiger partial charge in [-0.05, 0) is 44.0 Å². The van der Waals surface area contributed by atoms with Crippen molar-refractivity contribution < 1.29 is 18.7 Å². The molecule has 3 rings (SSSR count). The van der Waals surface area contributed by atoms with Gasteiger partial charge < -0.3 is 13.9 Å². The molecule has 0 amide bonds. The molecule has 0 radical (unpaired) electrons. The normalized spacial score (nSPS) is 15.9. The van der Waals surface area contributed by atoms with Crippen molar-refractivity contribution in [2.45, 2.75) is 32.3 Å². The highest BCUT2D eigenvalue weighted by molar-refractivity contribution is 5.73. The van der Waals surface area contributed by atoms with Crippen molar-refractivity contribution in [1.82, 2.24) is 10.2 Å². The van der Waals surface area contributed by atoms with Crippen molar-refractivity contribution in [2.24, 2.45) is 5.92 Å². The van der Waals surface area contributed by atoms with E-state index in [2.05, 4.69) is 10.2 Å². The molecule has 22 heavy (non-hydrogen) atoms. The Bertz CT molecular complexity index is 646. The zero-order chi connectivity index (χ0) is 15.5. The number of rotatable bonds is 5. The van der Waals surface area contributed by atoms with E-state index in [1.54, 1.807) is 14.0 Å². The van der Waals surface area contributed by atoms with Crippen LogP contribution in [0.1, 0.15) is 38.2 Å². The number of nitrogens with zero attached hydrogens (tertiary/aromatic N) is 2. The fourth-order valence-electron chi connectivity index (χ4n) is 2.21. The van der Waals surface area contributed by atoms with Gasteiger partial charge in [0, 0.05) is 5.56 Å². The molecule has 0 saturated heterocycles. The van der Waals surface area contributed by atoms with Gasteiger partial charge in [-0.2, -0.15) is 0 Å². The average Bonchev–Trinajstić information content (AvgIpc) is 2.95. The maximum Gasteiger partial charge on any atom is 0.309 e. The second-order valence-corrected chi connectivity index (χ2v) is 5.38. The summed E-state index contributed by atoms with van der Waals surface area (Å²) < 4.78 is 16.1. The van der Waals surface area contributed by atoms with Gasteiger partial charge in [-0.1, -0.05) is 6.42 Å². The van der Waals surface area contributed by atoms with Crippen LogP contribution in [-0.2, 0) is 9.53 Å². The lowest BCUT2D eigenvalue weighted by molar-refractivity contribution is -0.157. The van der Waals surface area contributed by atoms with Crippen LogP contribution in [-0.4, -0.2) is 23.3 Å². The van der Waals surface area contributed by atoms with Crippen LogP contribution in [0.15, 0.2) is 28.7 Å². The number of carbonyl (C=O) groups excluding carboxylic acids is 1. The molecule has 0 N–H and O–H groups in total. The molecular weight excluding hydrogens is 284 g/mol. The summed E-state index contributed by atoms with van der Waals surface area (Å²) in [7, 11) is 1.61. The van der Waals surface area contributed by atoms with Gasteiger partial charge in [0.25, 0.3) is 5.89 Å². The van der Waals surface area contributed by atoms with Crippen molar-refractivity contribution in [3.8, 4) is 17.2 Å². The van der Waals surface area contributed by atoms with Crippen molar-refractivity contribution in [3.63, 3.8) is 0 Å². The zero-order valence-electron chi connectivity index (χ0n) is 12.6. The molecule has 1 aromatic carbocycles. The molecule has 1 aliphatic carbocycles. The van der Waals surface area contributed by atoms with Gasteiger partial charge in [-0.15, -0.1) is 10.2 Å². The van der Waals surface area contributed by atoms with Crippen LogP contribution in [0.3, 0.4) is 0 Å². The fraction of sp³-hybridized carbons (Fsp3) is 0.438. The molecule has 0 spiro atoms. The van der Waals surface area contributed by atoms with Crippen LogP contribution in [0.4, 0.5) is 0 Å². The SMILES string of the molecule is COc1ccc(-c2nnc(C(C)OC(=O)C3CCC3)o2)cc1. The second kappa shape index (κ2) is 6.17. The molecular formula is C16H18N2O4. The van der Waals surface area contributed by atoms with Gasteiger partial charge in [0.1, 0.15) is 5.75 Å². The quantitative estimate of drug-likeness (QED) is 0.790. The van der Waals surface area contributed by atoms with Crippen LogP contribution in [0.5, 0.6) is 5.75 Å². The fourth-order valence-corrected chi connectivity index (χ4v) is 2.21. The summed E-state index contributed by atoms with van der Waals surface area (Å²) in [5.41, 5.74) is 0.789. The van der Waals surface area contributed by atoms with E-state index in [1.807, 2.05) is 24.3 Å². The summed E-state index contributed by atoms with van der Waals surface area (Å²) in [6, 6.07) is 7.31. The standard InChI is InChI=1S/C16H18N2O4/c1-10(21-16(19)12-4-3-5-12)14-17-18-15(22-14)11-6-8-13(20-2)9-7-11/h6-10,12H,3-5H2,1-2H3. The molecule has 1 saturated carbocycles. The summed E-state index contributed by atoms with van der Waals surface area (Å²) in [6.07, 6.45) is 2.38. The number of aromatic nitrogens is 2. The Balaban J connectivity index is 1.67. The van der Waals surface area contributed by atoms with E-state index in [0.717, 1.165) is 30.6 Å². The molecule has 0 bridgehead atoms. The molecule has 1 aliphatic rings. The molecule has 6 heteroatoms. The summed E-state index contributed by atoms with van der Waals surface area (Å²) in [5.74, 6) is 1.31. The first-order valence-corrected chi connectivity index (χ1v) is 7.35. The molecule has 1 atom stereocenters. The number of ether oxygens (including phenoxy) is 2. The highest BCUT2D eigenvalue weighted by atomic mass is 16.6. The molecule has 116 valence electrons. The molecule has 6 nitrogen and oxygen atoms in total. The Labute approximate surface area is 128 Å². The van der Waals surface area contributed by atoms with E-state index >= 15 is 0 Å². The lowest BCUT2D eigenvalue weighted by Crippen LogP contribution is -2.25. The third-order valence-corrected chi connectivity index (χ3v) is 3.86. The van der Waals surface area contributed by atoms with E-state index in [-0.39, 0.29) is 11.9 Å². The Morgan fingerprint density at radius 2 is 2.00 bits per heavy atom. The summed E-state index contributed by atoms with van der Waals surface area (Å²) in [4.78, 5) is 11.8. The molecule has 1 aromatic heterocycles. The lowest BCUT2D eigenvalue weighted by atomic mass is 9.86. The summed E-state index contributed by atoms with van der Waals surface area (Å²) >= 11 is 0. The van der Waals surface area contributed by atoms with Crippen LogP contribution in [0, 0.1) is 5.92 Å². The second-order valence-electron chi connectivity index (χ2n) is 5.38. The van der Waals surface area contributed by atoms with Gasteiger partial charge in [-0.25, -0.2) is 0 Å². The predicted molar refractivity (Wildman–Crippen MR) is 78.1 cm³/mol. The number of carbonyl (C=O) groups is 1. The van der Waals surface area contributed by atoms with E-state index in [9.17, 15) is 4.79 Å². The van der Waals surface area contributed by atoms with Crippen molar-refractivity contribution >= 4 is 5.97 Å². The maximum atomic E-state index is 11.8. The van der Waals surface area contributed by atoms with Gasteiger partial charge in [0.15, 0.2) is 6.10 Å². The van der Waals surface area contributed by atoms with E-state index in [0.29, 0.717) is 11.8 Å². The van der Waals surface area contributed by atoms with Crippen molar-refractivity contribution in [2.75, 3.05) is 7.11 Å². The predicted octanol–water partition coefficient (Wildman–Crippen LogP) is 3.15. The molecule has 1 heterocycles. The minimum atomic E-state index is -0.535. The van der Waals surface area contributed by atoms with E-state index in [1.165, 1.54) is 0 Å². The van der Waals surface area contributed by atoms with Gasteiger partial charge in [-0.3, -0.25) is 4.79 Å². The van der Waals surface area contributed by atoms with Crippen molar-refractivity contribution in [3.05, 3.63) is 30.2 Å². The Morgan fingerprint density at radius 3 is 2.59 bits per heavy atom. The van der Waals surface area contributed by atoms with Gasteiger partial charge in [0.2, 0.25) is 5.89 Å². The number of esters is 1. The summed E-state index contributed by atoms with van der Waals surface area (Å²) in [5, 5.41) is 7.97.